The second-order valence-electron chi connectivity index (χ2n) is 5.02. The molecule has 0 radical (unpaired) electrons. The molecule has 0 aliphatic rings. The van der Waals surface area contributed by atoms with Crippen LogP contribution in [-0.4, -0.2) is 30.7 Å². The molecule has 0 saturated heterocycles. The summed E-state index contributed by atoms with van der Waals surface area (Å²) in [6.45, 7) is 0. The van der Waals surface area contributed by atoms with Gasteiger partial charge in [0.2, 0.25) is 0 Å². The summed E-state index contributed by atoms with van der Waals surface area (Å²) < 4.78 is 49.7. The Morgan fingerprint density at radius 1 is 1.12 bits per heavy atom. The van der Waals surface area contributed by atoms with Gasteiger partial charge in [0.25, 0.3) is 0 Å². The first-order valence-corrected chi connectivity index (χ1v) is 7.26. The molecule has 0 spiro atoms. The summed E-state index contributed by atoms with van der Waals surface area (Å²) in [6, 6.07) is 6.38. The molecular weight excluding hydrogens is 353 g/mol. The average molecular weight is 368 g/mol. The lowest BCUT2D eigenvalue weighted by molar-refractivity contribution is -0.138. The van der Waals surface area contributed by atoms with Gasteiger partial charge in [0.15, 0.2) is 0 Å². The lowest BCUT2D eigenvalue weighted by atomic mass is 10.1. The Hall–Kier alpha value is -3.23. The summed E-state index contributed by atoms with van der Waals surface area (Å²) in [4.78, 5) is 23.3. The first-order chi connectivity index (χ1) is 12.3. The zero-order valence-electron chi connectivity index (χ0n) is 13.8. The van der Waals surface area contributed by atoms with Crippen molar-refractivity contribution in [1.82, 2.24) is 4.57 Å². The molecule has 1 heterocycles. The monoisotopic (exact) mass is 368 g/mol. The van der Waals surface area contributed by atoms with E-state index >= 15 is 0 Å². The summed E-state index contributed by atoms with van der Waals surface area (Å²) in [5.41, 5.74) is -0.996. The largest absolute Gasteiger partial charge is 0.466 e. The summed E-state index contributed by atoms with van der Waals surface area (Å²) in [7, 11) is 2.18. The molecule has 0 fully saturated rings. The van der Waals surface area contributed by atoms with Crippen LogP contribution < -0.4 is 5.32 Å². The number of rotatable bonds is 5. The van der Waals surface area contributed by atoms with Crippen LogP contribution in [0.5, 0.6) is 0 Å². The molecule has 0 unspecified atom stereocenters. The molecule has 1 aromatic heterocycles. The number of carbonyl (C=O) groups excluding carboxylic acids is 2. The number of esters is 2. The maximum atomic E-state index is 13.1. The molecule has 0 aliphatic carbocycles. The molecule has 1 N–H and O–H groups in total. The first-order valence-electron chi connectivity index (χ1n) is 7.26. The number of halogens is 3. The van der Waals surface area contributed by atoms with E-state index in [-0.39, 0.29) is 11.4 Å². The first kappa shape index (κ1) is 19.1. The molecule has 138 valence electrons. The molecule has 0 bridgehead atoms. The second kappa shape index (κ2) is 7.77. The molecule has 1 aromatic carbocycles. The van der Waals surface area contributed by atoms with E-state index in [2.05, 4.69) is 14.8 Å². The fraction of sp³-hybridized carbons (Fsp3) is 0.176. The zero-order valence-corrected chi connectivity index (χ0v) is 13.8. The van der Waals surface area contributed by atoms with Crippen LogP contribution in [0.2, 0.25) is 0 Å². The Bertz CT molecular complexity index is 827. The Morgan fingerprint density at radius 3 is 2.31 bits per heavy atom. The predicted molar refractivity (Wildman–Crippen MR) is 86.5 cm³/mol. The fourth-order valence-electron chi connectivity index (χ4n) is 2.11. The number of carbonyl (C=O) groups is 2. The van der Waals surface area contributed by atoms with Gasteiger partial charge in [-0.15, -0.1) is 0 Å². The zero-order chi connectivity index (χ0) is 19.3. The van der Waals surface area contributed by atoms with E-state index in [1.54, 1.807) is 29.1 Å². The molecule has 0 amide bonds. The molecule has 0 aliphatic heterocycles. The topological polar surface area (TPSA) is 69.6 Å². The van der Waals surface area contributed by atoms with Crippen molar-refractivity contribution in [3.8, 4) is 5.69 Å². The van der Waals surface area contributed by atoms with E-state index < -0.39 is 23.7 Å². The molecule has 6 nitrogen and oxygen atoms in total. The van der Waals surface area contributed by atoms with Gasteiger partial charge in [-0.25, -0.2) is 9.59 Å². The number of hydrogen-bond donors (Lipinski definition) is 1. The fourth-order valence-corrected chi connectivity index (χ4v) is 2.11. The van der Waals surface area contributed by atoms with Crippen LogP contribution in [0.3, 0.4) is 0 Å². The maximum Gasteiger partial charge on any atom is 0.416 e. The number of methoxy groups -OCH3 is 2. The van der Waals surface area contributed by atoms with Crippen molar-refractivity contribution < 1.29 is 32.2 Å². The third-order valence-corrected chi connectivity index (χ3v) is 3.34. The molecule has 9 heteroatoms. The Morgan fingerprint density at radius 2 is 1.77 bits per heavy atom. The van der Waals surface area contributed by atoms with Gasteiger partial charge in [-0.2, -0.15) is 13.2 Å². The van der Waals surface area contributed by atoms with Crippen molar-refractivity contribution >= 4 is 17.6 Å². The standard InChI is InChI=1S/C17H15F3N2O4/c1-25-15(23)10-13(16(24)26-2)21-12-9-11(17(18,19)20)5-6-14(12)22-7-3-4-8-22/h3-10,21H,1-2H3/b13-10+. The SMILES string of the molecule is COC(=O)/C=C(/Nc1cc(C(F)(F)F)ccc1-n1cccc1)C(=O)OC. The number of anilines is 1. The highest BCUT2D eigenvalue weighted by Gasteiger charge is 2.31. The van der Waals surface area contributed by atoms with Crippen LogP contribution in [0.1, 0.15) is 5.56 Å². The van der Waals surface area contributed by atoms with Crippen molar-refractivity contribution in [3.05, 3.63) is 60.1 Å². The van der Waals surface area contributed by atoms with Crippen LogP contribution >= 0.6 is 0 Å². The molecule has 2 rings (SSSR count). The number of alkyl halides is 3. The van der Waals surface area contributed by atoms with Crippen LogP contribution in [0.25, 0.3) is 5.69 Å². The summed E-state index contributed by atoms with van der Waals surface area (Å²) >= 11 is 0. The minimum absolute atomic E-state index is 0.0448. The van der Waals surface area contributed by atoms with E-state index in [0.717, 1.165) is 32.4 Å². The van der Waals surface area contributed by atoms with Crippen LogP contribution in [0, 0.1) is 0 Å². The van der Waals surface area contributed by atoms with Crippen molar-refractivity contribution in [2.24, 2.45) is 0 Å². The predicted octanol–water partition coefficient (Wildman–Crippen LogP) is 3.14. The van der Waals surface area contributed by atoms with E-state index in [1.165, 1.54) is 6.07 Å². The van der Waals surface area contributed by atoms with Crippen molar-refractivity contribution in [2.75, 3.05) is 19.5 Å². The third kappa shape index (κ3) is 4.44. The minimum atomic E-state index is -4.58. The van der Waals surface area contributed by atoms with Gasteiger partial charge in [-0.05, 0) is 30.3 Å². The van der Waals surface area contributed by atoms with E-state index in [9.17, 15) is 22.8 Å². The normalized spacial score (nSPS) is 11.8. The number of aromatic nitrogens is 1. The van der Waals surface area contributed by atoms with Crippen molar-refractivity contribution in [3.63, 3.8) is 0 Å². The van der Waals surface area contributed by atoms with E-state index in [4.69, 9.17) is 0 Å². The number of nitrogens with one attached hydrogen (secondary N) is 1. The second-order valence-corrected chi connectivity index (χ2v) is 5.02. The van der Waals surface area contributed by atoms with Crippen LogP contribution in [-0.2, 0) is 25.2 Å². The Labute approximate surface area is 146 Å². The highest BCUT2D eigenvalue weighted by molar-refractivity contribution is 5.99. The van der Waals surface area contributed by atoms with Crippen molar-refractivity contribution in [1.29, 1.82) is 0 Å². The molecule has 2 aromatic rings. The maximum absolute atomic E-state index is 13.1. The third-order valence-electron chi connectivity index (χ3n) is 3.34. The lowest BCUT2D eigenvalue weighted by Crippen LogP contribution is -2.17. The summed E-state index contributed by atoms with van der Waals surface area (Å²) in [5, 5.41) is 2.53. The summed E-state index contributed by atoms with van der Waals surface area (Å²) in [5.74, 6) is -1.81. The number of benzene rings is 1. The number of ether oxygens (including phenoxy) is 2. The average Bonchev–Trinajstić information content (AvgIpc) is 3.13. The van der Waals surface area contributed by atoms with Gasteiger partial charge in [0.1, 0.15) is 5.70 Å². The highest BCUT2D eigenvalue weighted by atomic mass is 19.4. The smallest absolute Gasteiger partial charge is 0.416 e. The van der Waals surface area contributed by atoms with Gasteiger partial charge in [-0.3, -0.25) is 0 Å². The van der Waals surface area contributed by atoms with Gasteiger partial charge < -0.3 is 19.4 Å². The van der Waals surface area contributed by atoms with Crippen LogP contribution in [0.4, 0.5) is 18.9 Å². The summed E-state index contributed by atoms with van der Waals surface area (Å²) in [6.07, 6.45) is -0.542. The van der Waals surface area contributed by atoms with Gasteiger partial charge in [-0.1, -0.05) is 0 Å². The molecular formula is C17H15F3N2O4. The lowest BCUT2D eigenvalue weighted by Gasteiger charge is -2.17. The van der Waals surface area contributed by atoms with E-state index in [1.807, 2.05) is 0 Å². The van der Waals surface area contributed by atoms with Gasteiger partial charge >= 0.3 is 18.1 Å². The van der Waals surface area contributed by atoms with Gasteiger partial charge in [0.05, 0.1) is 37.2 Å². The molecule has 0 atom stereocenters. The number of nitrogens with zero attached hydrogens (tertiary/aromatic N) is 1. The highest BCUT2D eigenvalue weighted by Crippen LogP contribution is 2.34. The van der Waals surface area contributed by atoms with Gasteiger partial charge in [0, 0.05) is 12.4 Å². The van der Waals surface area contributed by atoms with E-state index in [0.29, 0.717) is 5.69 Å². The molecule has 0 saturated carbocycles. The molecule has 26 heavy (non-hydrogen) atoms. The van der Waals surface area contributed by atoms with Crippen LogP contribution in [0.15, 0.2) is 54.5 Å². The Balaban J connectivity index is 2.55. The number of hydrogen-bond acceptors (Lipinski definition) is 5. The Kier molecular flexibility index (Phi) is 5.71. The minimum Gasteiger partial charge on any atom is -0.466 e. The van der Waals surface area contributed by atoms with Crippen molar-refractivity contribution in [2.45, 2.75) is 6.18 Å². The quantitative estimate of drug-likeness (QED) is 0.649.